The van der Waals surface area contributed by atoms with E-state index in [4.69, 9.17) is 12.2 Å². The minimum Gasteiger partial charge on any atom is -0.345 e. The topological polar surface area (TPSA) is 41.6 Å². The van der Waals surface area contributed by atoms with E-state index in [1.807, 2.05) is 6.92 Å². The fraction of sp³-hybridized carbons (Fsp3) is 0.182. The molecule has 3 nitrogen and oxygen atoms in total. The van der Waals surface area contributed by atoms with Crippen LogP contribution in [0.15, 0.2) is 12.4 Å². The van der Waals surface area contributed by atoms with Gasteiger partial charge in [0, 0.05) is 11.1 Å². The zero-order valence-corrected chi connectivity index (χ0v) is 10.5. The summed E-state index contributed by atoms with van der Waals surface area (Å²) in [5.41, 5.74) is 3.32. The molecule has 1 N–H and O–H groups in total. The van der Waals surface area contributed by atoms with E-state index in [2.05, 4.69) is 27.9 Å². The molecule has 0 aliphatic rings. The van der Waals surface area contributed by atoms with Gasteiger partial charge in [-0.3, -0.25) is 0 Å². The first kappa shape index (κ1) is 9.86. The lowest BCUT2D eigenvalue weighted by molar-refractivity contribution is 1.20. The normalized spacial score (nSPS) is 11.4. The number of nitrogens with zero attached hydrogens (tertiary/aromatic N) is 2. The molecule has 5 heteroatoms. The standard InChI is InChI=1S/C11H9N3S2/c1-5-3-7-8-9(10(15)13-4-12-8)16-11(7)14-6(5)2/h3-4H,1-2H3,(H,12,13,15). The van der Waals surface area contributed by atoms with Crippen LogP contribution in [0.25, 0.3) is 20.4 Å². The van der Waals surface area contributed by atoms with E-state index in [1.165, 1.54) is 5.56 Å². The summed E-state index contributed by atoms with van der Waals surface area (Å²) in [6.07, 6.45) is 1.64. The lowest BCUT2D eigenvalue weighted by atomic mass is 10.2. The number of hydrogen-bond acceptors (Lipinski definition) is 4. The molecular weight excluding hydrogens is 238 g/mol. The lowest BCUT2D eigenvalue weighted by Crippen LogP contribution is -1.85. The second kappa shape index (κ2) is 3.33. The molecular formula is C11H9N3S2. The molecule has 0 aliphatic carbocycles. The number of fused-ring (bicyclic) bond motifs is 3. The summed E-state index contributed by atoms with van der Waals surface area (Å²) in [6, 6.07) is 2.15. The zero-order valence-electron chi connectivity index (χ0n) is 8.87. The number of aromatic nitrogens is 3. The van der Waals surface area contributed by atoms with Crippen LogP contribution in [0.4, 0.5) is 0 Å². The molecule has 3 heterocycles. The highest BCUT2D eigenvalue weighted by atomic mass is 32.1. The third-order valence-electron chi connectivity index (χ3n) is 2.71. The van der Waals surface area contributed by atoms with Crippen LogP contribution in [0.5, 0.6) is 0 Å². The van der Waals surface area contributed by atoms with Crippen LogP contribution >= 0.6 is 23.6 Å². The molecule has 3 aromatic rings. The number of H-pyrrole nitrogens is 1. The first-order valence-corrected chi connectivity index (χ1v) is 6.13. The Kier molecular flexibility index (Phi) is 2.05. The number of rotatable bonds is 0. The lowest BCUT2D eigenvalue weighted by Gasteiger charge is -1.98. The highest BCUT2D eigenvalue weighted by molar-refractivity contribution is 7.71. The summed E-state index contributed by atoms with van der Waals surface area (Å²) in [7, 11) is 0. The second-order valence-corrected chi connectivity index (χ2v) is 5.14. The Bertz CT molecular complexity index is 755. The number of aromatic amines is 1. The summed E-state index contributed by atoms with van der Waals surface area (Å²) in [5, 5.41) is 1.14. The van der Waals surface area contributed by atoms with E-state index in [9.17, 15) is 0 Å². The first-order valence-electron chi connectivity index (χ1n) is 4.91. The Hall–Kier alpha value is -1.33. The maximum Gasteiger partial charge on any atom is 0.147 e. The molecule has 16 heavy (non-hydrogen) atoms. The van der Waals surface area contributed by atoms with E-state index in [-0.39, 0.29) is 0 Å². The molecule has 0 spiro atoms. The van der Waals surface area contributed by atoms with Gasteiger partial charge >= 0.3 is 0 Å². The Morgan fingerprint density at radius 1 is 1.38 bits per heavy atom. The van der Waals surface area contributed by atoms with Gasteiger partial charge in [-0.2, -0.15) is 0 Å². The minimum absolute atomic E-state index is 0.645. The van der Waals surface area contributed by atoms with Gasteiger partial charge in [-0.25, -0.2) is 9.97 Å². The van der Waals surface area contributed by atoms with Crippen LogP contribution in [0.2, 0.25) is 0 Å². The summed E-state index contributed by atoms with van der Waals surface area (Å²) in [4.78, 5) is 12.8. The van der Waals surface area contributed by atoms with Crippen LogP contribution < -0.4 is 0 Å². The Morgan fingerprint density at radius 3 is 3.00 bits per heavy atom. The largest absolute Gasteiger partial charge is 0.345 e. The molecule has 0 saturated carbocycles. The average Bonchev–Trinajstić information content (AvgIpc) is 2.59. The van der Waals surface area contributed by atoms with Crippen LogP contribution in [-0.2, 0) is 0 Å². The SMILES string of the molecule is Cc1cc2c(nc1C)sc1c(=S)nc[nH]c12. The van der Waals surface area contributed by atoms with Crippen molar-refractivity contribution in [2.24, 2.45) is 0 Å². The molecule has 0 bridgehead atoms. The number of pyridine rings is 1. The fourth-order valence-electron chi connectivity index (χ4n) is 1.72. The fourth-order valence-corrected chi connectivity index (χ4v) is 3.06. The molecule has 0 amide bonds. The van der Waals surface area contributed by atoms with Crippen molar-refractivity contribution in [3.05, 3.63) is 28.3 Å². The van der Waals surface area contributed by atoms with Crippen LogP contribution in [0.1, 0.15) is 11.3 Å². The molecule has 0 fully saturated rings. The van der Waals surface area contributed by atoms with Gasteiger partial charge in [-0.1, -0.05) is 12.2 Å². The van der Waals surface area contributed by atoms with Gasteiger partial charge in [-0.05, 0) is 25.5 Å². The molecule has 80 valence electrons. The average molecular weight is 247 g/mol. The predicted octanol–water partition coefficient (Wildman–Crippen LogP) is 3.52. The van der Waals surface area contributed by atoms with Crippen molar-refractivity contribution < 1.29 is 0 Å². The third-order valence-corrected chi connectivity index (χ3v) is 4.26. The van der Waals surface area contributed by atoms with E-state index in [0.29, 0.717) is 4.64 Å². The Balaban J connectivity index is 2.61. The smallest absolute Gasteiger partial charge is 0.147 e. The summed E-state index contributed by atoms with van der Waals surface area (Å²) in [5.74, 6) is 0. The van der Waals surface area contributed by atoms with Gasteiger partial charge in [0.25, 0.3) is 0 Å². The van der Waals surface area contributed by atoms with E-state index < -0.39 is 0 Å². The zero-order chi connectivity index (χ0) is 11.3. The van der Waals surface area contributed by atoms with Gasteiger partial charge < -0.3 is 4.98 Å². The predicted molar refractivity (Wildman–Crippen MR) is 69.6 cm³/mol. The summed E-state index contributed by atoms with van der Waals surface area (Å²) < 4.78 is 1.66. The van der Waals surface area contributed by atoms with Gasteiger partial charge in [0.1, 0.15) is 9.47 Å². The van der Waals surface area contributed by atoms with Crippen molar-refractivity contribution in [1.29, 1.82) is 0 Å². The number of thiophene rings is 1. The molecule has 3 aromatic heterocycles. The maximum absolute atomic E-state index is 5.21. The van der Waals surface area contributed by atoms with Gasteiger partial charge in [0.2, 0.25) is 0 Å². The van der Waals surface area contributed by atoms with Crippen LogP contribution in [0, 0.1) is 18.5 Å². The molecule has 0 atom stereocenters. The molecule has 0 radical (unpaired) electrons. The summed E-state index contributed by atoms with van der Waals surface area (Å²) in [6.45, 7) is 4.09. The molecule has 0 saturated heterocycles. The molecule has 0 aliphatic heterocycles. The van der Waals surface area contributed by atoms with E-state index in [0.717, 1.165) is 26.1 Å². The van der Waals surface area contributed by atoms with Gasteiger partial charge in [-0.15, -0.1) is 11.3 Å². The van der Waals surface area contributed by atoms with Gasteiger partial charge in [0.15, 0.2) is 0 Å². The number of nitrogens with one attached hydrogen (secondary N) is 1. The van der Waals surface area contributed by atoms with E-state index in [1.54, 1.807) is 17.7 Å². The highest BCUT2D eigenvalue weighted by Gasteiger charge is 2.09. The van der Waals surface area contributed by atoms with E-state index >= 15 is 0 Å². The van der Waals surface area contributed by atoms with Crippen molar-refractivity contribution in [1.82, 2.24) is 15.0 Å². The molecule has 3 rings (SSSR count). The van der Waals surface area contributed by atoms with Gasteiger partial charge in [0.05, 0.1) is 16.5 Å². The Morgan fingerprint density at radius 2 is 2.19 bits per heavy atom. The van der Waals surface area contributed by atoms with Crippen LogP contribution in [0.3, 0.4) is 0 Å². The second-order valence-electron chi connectivity index (χ2n) is 3.76. The van der Waals surface area contributed by atoms with Crippen LogP contribution in [-0.4, -0.2) is 15.0 Å². The summed E-state index contributed by atoms with van der Waals surface area (Å²) >= 11 is 6.81. The number of aryl methyl sites for hydroxylation is 2. The first-order chi connectivity index (χ1) is 7.66. The molecule has 0 aromatic carbocycles. The van der Waals surface area contributed by atoms with Crippen molar-refractivity contribution in [3.8, 4) is 0 Å². The minimum atomic E-state index is 0.645. The van der Waals surface area contributed by atoms with Crippen molar-refractivity contribution in [2.75, 3.05) is 0 Å². The molecule has 0 unspecified atom stereocenters. The maximum atomic E-state index is 5.21. The third kappa shape index (κ3) is 1.28. The number of hydrogen-bond donors (Lipinski definition) is 1. The quantitative estimate of drug-likeness (QED) is 0.618. The highest BCUT2D eigenvalue weighted by Crippen LogP contribution is 2.32. The van der Waals surface area contributed by atoms with Crippen molar-refractivity contribution >= 4 is 44.0 Å². The van der Waals surface area contributed by atoms with Crippen molar-refractivity contribution in [3.63, 3.8) is 0 Å². The van der Waals surface area contributed by atoms with Crippen molar-refractivity contribution in [2.45, 2.75) is 13.8 Å². The monoisotopic (exact) mass is 247 g/mol. The Labute approximate surface area is 101 Å².